The predicted octanol–water partition coefficient (Wildman–Crippen LogP) is 4.61. The van der Waals surface area contributed by atoms with Crippen LogP contribution in [-0.4, -0.2) is 26.9 Å². The van der Waals surface area contributed by atoms with E-state index in [4.69, 9.17) is 4.74 Å². The van der Waals surface area contributed by atoms with Crippen LogP contribution in [0.2, 0.25) is 0 Å². The van der Waals surface area contributed by atoms with Crippen molar-refractivity contribution in [2.45, 2.75) is 9.50 Å². The molecule has 0 aliphatic heterocycles. The molecule has 0 radical (unpaired) electrons. The fourth-order valence-corrected chi connectivity index (χ4v) is 4.48. The molecule has 24 heavy (non-hydrogen) atoms. The van der Waals surface area contributed by atoms with Crippen molar-refractivity contribution in [3.05, 3.63) is 53.4 Å². The summed E-state index contributed by atoms with van der Waals surface area (Å²) in [5.41, 5.74) is 0.989. The third-order valence-corrected chi connectivity index (χ3v) is 5.99. The predicted molar refractivity (Wildman–Crippen MR) is 97.5 cm³/mol. The summed E-state index contributed by atoms with van der Waals surface area (Å²) < 4.78 is 8.25. The van der Waals surface area contributed by atoms with Gasteiger partial charge in [0, 0.05) is 11.6 Å². The molecule has 0 aliphatic rings. The van der Waals surface area contributed by atoms with Crippen LogP contribution < -0.4 is 4.74 Å². The van der Waals surface area contributed by atoms with Crippen molar-refractivity contribution < 1.29 is 4.74 Å². The molecule has 8 heteroatoms. The molecule has 5 nitrogen and oxygen atoms in total. The average molecular weight is 373 g/mol. The van der Waals surface area contributed by atoms with Crippen LogP contribution in [-0.2, 0) is 0 Å². The Morgan fingerprint density at radius 3 is 2.58 bits per heavy atom. The number of methoxy groups -OCH3 is 1. The molecular weight excluding hydrogens is 360 g/mol. The third-order valence-electron chi connectivity index (χ3n) is 3.29. The molecule has 0 unspecified atom stereocenters. The monoisotopic (exact) mass is 372 g/mol. The summed E-state index contributed by atoms with van der Waals surface area (Å²) in [6, 6.07) is 11.9. The van der Waals surface area contributed by atoms with E-state index in [0.717, 1.165) is 31.6 Å². The number of hydrogen-bond donors (Lipinski definition) is 0. The molecule has 0 bridgehead atoms. The van der Waals surface area contributed by atoms with Gasteiger partial charge in [-0.3, -0.25) is 4.57 Å². The van der Waals surface area contributed by atoms with Gasteiger partial charge in [0.1, 0.15) is 5.75 Å². The van der Waals surface area contributed by atoms with E-state index in [9.17, 15) is 0 Å². The van der Waals surface area contributed by atoms with E-state index in [1.54, 1.807) is 36.0 Å². The van der Waals surface area contributed by atoms with Crippen molar-refractivity contribution in [1.29, 1.82) is 0 Å². The molecule has 3 aromatic heterocycles. The lowest BCUT2D eigenvalue weighted by molar-refractivity contribution is 0.414. The van der Waals surface area contributed by atoms with E-state index in [1.807, 2.05) is 47.2 Å². The molecular formula is C16H12N4OS3. The van der Waals surface area contributed by atoms with Gasteiger partial charge in [0.2, 0.25) is 5.16 Å². The summed E-state index contributed by atoms with van der Waals surface area (Å²) in [7, 11) is 1.66. The van der Waals surface area contributed by atoms with E-state index in [0.29, 0.717) is 0 Å². The van der Waals surface area contributed by atoms with Gasteiger partial charge >= 0.3 is 0 Å². The summed E-state index contributed by atoms with van der Waals surface area (Å²) in [6.07, 6.45) is 1.79. The minimum Gasteiger partial charge on any atom is -0.497 e. The van der Waals surface area contributed by atoms with Crippen molar-refractivity contribution in [3.8, 4) is 22.1 Å². The van der Waals surface area contributed by atoms with Gasteiger partial charge < -0.3 is 4.74 Å². The lowest BCUT2D eigenvalue weighted by atomic mass is 10.3. The molecule has 4 rings (SSSR count). The van der Waals surface area contributed by atoms with Gasteiger partial charge in [0.15, 0.2) is 10.2 Å². The average Bonchev–Trinajstić information content (AvgIpc) is 3.37. The zero-order valence-corrected chi connectivity index (χ0v) is 15.1. The molecule has 0 fully saturated rings. The Morgan fingerprint density at radius 2 is 1.92 bits per heavy atom. The molecule has 3 heterocycles. The first-order valence-electron chi connectivity index (χ1n) is 7.06. The second-order valence-corrected chi connectivity index (χ2v) is 7.77. The Morgan fingerprint density at radius 1 is 1.04 bits per heavy atom. The fourth-order valence-electron chi connectivity index (χ4n) is 2.20. The highest BCUT2D eigenvalue weighted by Crippen LogP contribution is 2.34. The zero-order valence-electron chi connectivity index (χ0n) is 12.6. The molecule has 0 saturated carbocycles. The summed E-state index contributed by atoms with van der Waals surface area (Å²) >= 11 is 4.75. The summed E-state index contributed by atoms with van der Waals surface area (Å²) in [5.74, 6) is 1.65. The Kier molecular flexibility index (Phi) is 4.33. The van der Waals surface area contributed by atoms with Crippen molar-refractivity contribution in [2.75, 3.05) is 7.11 Å². The van der Waals surface area contributed by atoms with Crippen molar-refractivity contribution in [1.82, 2.24) is 19.7 Å². The van der Waals surface area contributed by atoms with Gasteiger partial charge in [-0.2, -0.15) is 0 Å². The van der Waals surface area contributed by atoms with E-state index >= 15 is 0 Å². The number of thiazole rings is 1. The normalized spacial score (nSPS) is 10.9. The van der Waals surface area contributed by atoms with Crippen LogP contribution in [0.3, 0.4) is 0 Å². The van der Waals surface area contributed by atoms with Crippen LogP contribution in [0.25, 0.3) is 16.4 Å². The van der Waals surface area contributed by atoms with Crippen molar-refractivity contribution in [3.63, 3.8) is 0 Å². The van der Waals surface area contributed by atoms with Crippen LogP contribution in [0.1, 0.15) is 0 Å². The number of rotatable bonds is 5. The highest BCUT2D eigenvalue weighted by Gasteiger charge is 2.18. The summed E-state index contributed by atoms with van der Waals surface area (Å²) in [6.45, 7) is 0. The number of hydrogen-bond acceptors (Lipinski definition) is 7. The van der Waals surface area contributed by atoms with E-state index in [1.165, 1.54) is 11.8 Å². The molecule has 0 atom stereocenters. The lowest BCUT2D eigenvalue weighted by Crippen LogP contribution is -1.98. The Balaban J connectivity index is 1.82. The maximum absolute atomic E-state index is 5.25. The van der Waals surface area contributed by atoms with Gasteiger partial charge in [-0.1, -0.05) is 6.07 Å². The maximum atomic E-state index is 5.25. The van der Waals surface area contributed by atoms with Crippen LogP contribution in [0.15, 0.2) is 62.9 Å². The quantitative estimate of drug-likeness (QED) is 0.512. The molecule has 0 N–H and O–H groups in total. The Labute approximate surface area is 151 Å². The second-order valence-electron chi connectivity index (χ2n) is 4.72. The molecule has 1 aromatic carbocycles. The lowest BCUT2D eigenvalue weighted by Gasteiger charge is -2.09. The van der Waals surface area contributed by atoms with E-state index < -0.39 is 0 Å². The van der Waals surface area contributed by atoms with Crippen LogP contribution in [0, 0.1) is 0 Å². The largest absolute Gasteiger partial charge is 0.497 e. The van der Waals surface area contributed by atoms with Gasteiger partial charge in [-0.25, -0.2) is 4.98 Å². The highest BCUT2D eigenvalue weighted by atomic mass is 32.2. The van der Waals surface area contributed by atoms with Crippen molar-refractivity contribution >= 4 is 34.4 Å². The Hall–Kier alpha value is -2.16. The SMILES string of the molecule is COc1ccc(-n2c(Sc3nccs3)nnc2-c2cccs2)cc1. The van der Waals surface area contributed by atoms with Crippen LogP contribution in [0.4, 0.5) is 0 Å². The Bertz CT molecular complexity index is 915. The zero-order chi connectivity index (χ0) is 16.4. The highest BCUT2D eigenvalue weighted by molar-refractivity contribution is 8.00. The first-order chi connectivity index (χ1) is 11.8. The first kappa shape index (κ1) is 15.4. The first-order valence-corrected chi connectivity index (χ1v) is 9.64. The molecule has 0 spiro atoms. The minimum absolute atomic E-state index is 0.790. The number of ether oxygens (including phenoxy) is 1. The fraction of sp³-hybridized carbons (Fsp3) is 0.0625. The van der Waals surface area contributed by atoms with Gasteiger partial charge in [-0.05, 0) is 47.5 Å². The molecule has 0 amide bonds. The van der Waals surface area contributed by atoms with Crippen molar-refractivity contribution in [2.24, 2.45) is 0 Å². The summed E-state index contributed by atoms with van der Waals surface area (Å²) in [4.78, 5) is 5.40. The van der Waals surface area contributed by atoms with Crippen LogP contribution in [0.5, 0.6) is 5.75 Å². The number of aromatic nitrogens is 4. The topological polar surface area (TPSA) is 52.8 Å². The number of benzene rings is 1. The van der Waals surface area contributed by atoms with E-state index in [-0.39, 0.29) is 0 Å². The third kappa shape index (κ3) is 2.95. The minimum atomic E-state index is 0.790. The molecule has 120 valence electrons. The summed E-state index contributed by atoms with van der Waals surface area (Å²) in [5, 5.41) is 13.6. The molecule has 4 aromatic rings. The molecule has 0 saturated heterocycles. The number of thiophene rings is 1. The van der Waals surface area contributed by atoms with E-state index in [2.05, 4.69) is 19.7 Å². The standard InChI is InChI=1S/C16H12N4OS3/c1-21-12-6-4-11(5-7-12)20-14(13-3-2-9-22-13)18-19-15(20)24-16-17-8-10-23-16/h2-10H,1H3. The smallest absolute Gasteiger partial charge is 0.203 e. The van der Waals surface area contributed by atoms with Gasteiger partial charge in [0.05, 0.1) is 17.7 Å². The molecule has 0 aliphatic carbocycles. The van der Waals surface area contributed by atoms with Gasteiger partial charge in [0.25, 0.3) is 0 Å². The second kappa shape index (κ2) is 6.76. The number of nitrogens with zero attached hydrogens (tertiary/aromatic N) is 4. The van der Waals surface area contributed by atoms with Crippen LogP contribution >= 0.6 is 34.4 Å². The maximum Gasteiger partial charge on any atom is 0.203 e. The van der Waals surface area contributed by atoms with Gasteiger partial charge in [-0.15, -0.1) is 32.9 Å².